The van der Waals surface area contributed by atoms with E-state index in [9.17, 15) is 9.59 Å². The molecule has 0 aliphatic heterocycles. The van der Waals surface area contributed by atoms with E-state index in [4.69, 9.17) is 13.9 Å². The summed E-state index contributed by atoms with van der Waals surface area (Å²) in [5, 5.41) is 0. The highest BCUT2D eigenvalue weighted by molar-refractivity contribution is 5.89. The van der Waals surface area contributed by atoms with Gasteiger partial charge in [-0.15, -0.1) is 0 Å². The summed E-state index contributed by atoms with van der Waals surface area (Å²) < 4.78 is 16.8. The minimum Gasteiger partial charge on any atom is -0.463 e. The van der Waals surface area contributed by atoms with Gasteiger partial charge in [0.15, 0.2) is 12.3 Å². The minimum absolute atomic E-state index is 0.0834. The van der Waals surface area contributed by atoms with Crippen LogP contribution in [0.15, 0.2) is 53.1 Å². The van der Waals surface area contributed by atoms with Crippen LogP contribution in [0.5, 0.6) is 5.88 Å². The van der Waals surface area contributed by atoms with Gasteiger partial charge in [-0.25, -0.2) is 4.79 Å². The maximum Gasteiger partial charge on any atom is 0.339 e. The molecule has 0 fully saturated rings. The Kier molecular flexibility index (Phi) is 3.42. The van der Waals surface area contributed by atoms with Gasteiger partial charge in [0.05, 0.1) is 17.3 Å². The fourth-order valence-electron chi connectivity index (χ4n) is 2.01. The predicted octanol–water partition coefficient (Wildman–Crippen LogP) is 2.58. The van der Waals surface area contributed by atoms with Crippen LogP contribution in [0, 0.1) is 0 Å². The Morgan fingerprint density at radius 2 is 2.05 bits per heavy atom. The first-order valence-electron chi connectivity index (χ1n) is 6.19. The Morgan fingerprint density at radius 1 is 1.24 bits per heavy atom. The van der Waals surface area contributed by atoms with Gasteiger partial charge >= 0.3 is 5.97 Å². The number of carbonyl (C=O) groups excluding carboxylic acids is 2. The molecule has 0 radical (unpaired) electrons. The number of hydrogen-bond acceptors (Lipinski definition) is 5. The van der Waals surface area contributed by atoms with Crippen molar-refractivity contribution in [3.63, 3.8) is 0 Å². The smallest absolute Gasteiger partial charge is 0.339 e. The Bertz CT molecular complexity index is 772. The number of aromatic nitrogens is 1. The number of esters is 1. The van der Waals surface area contributed by atoms with Crippen molar-refractivity contribution in [2.45, 2.75) is 6.73 Å². The van der Waals surface area contributed by atoms with Gasteiger partial charge in [-0.2, -0.15) is 0 Å². The van der Waals surface area contributed by atoms with Crippen LogP contribution in [-0.2, 0) is 16.3 Å². The average molecular weight is 285 g/mol. The molecule has 0 atom stereocenters. The van der Waals surface area contributed by atoms with Crippen molar-refractivity contribution in [2.75, 3.05) is 0 Å². The van der Waals surface area contributed by atoms with Gasteiger partial charge in [-0.05, 0) is 12.1 Å². The Hall–Kier alpha value is -3.02. The predicted molar refractivity (Wildman–Crippen MR) is 72.8 cm³/mol. The van der Waals surface area contributed by atoms with E-state index in [0.717, 1.165) is 0 Å². The summed E-state index contributed by atoms with van der Waals surface area (Å²) in [5.74, 6) is -0.210. The highest BCUT2D eigenvalue weighted by atomic mass is 16.6. The molecular weight excluding hydrogens is 274 g/mol. The van der Waals surface area contributed by atoms with Crippen molar-refractivity contribution in [2.24, 2.45) is 0 Å². The topological polar surface area (TPSA) is 70.7 Å². The lowest BCUT2D eigenvalue weighted by molar-refractivity contribution is -0.121. The largest absolute Gasteiger partial charge is 0.463 e. The number of nitrogens with zero attached hydrogens (tertiary/aromatic N) is 1. The summed E-state index contributed by atoms with van der Waals surface area (Å²) in [6.45, 7) is 0.226. The molecule has 0 N–H and O–H groups in total. The third-order valence-electron chi connectivity index (χ3n) is 2.99. The van der Waals surface area contributed by atoms with Crippen LogP contribution in [0.1, 0.15) is 10.4 Å². The summed E-state index contributed by atoms with van der Waals surface area (Å²) >= 11 is 0. The average Bonchev–Trinajstić information content (AvgIpc) is 3.07. The number of carbonyl (C=O) groups is 2. The molecule has 2 aromatic heterocycles. The highest BCUT2D eigenvalue weighted by Gasteiger charge is 2.14. The molecule has 0 aliphatic rings. The Balaban J connectivity index is 1.81. The summed E-state index contributed by atoms with van der Waals surface area (Å²) in [5.41, 5.74) is 1.67. The van der Waals surface area contributed by atoms with E-state index in [1.807, 2.05) is 6.07 Å². The van der Waals surface area contributed by atoms with Gasteiger partial charge in [0.2, 0.25) is 5.88 Å². The van der Waals surface area contributed by atoms with Gasteiger partial charge in [0.1, 0.15) is 0 Å². The zero-order valence-corrected chi connectivity index (χ0v) is 10.9. The molecule has 3 aromatic rings. The molecule has 6 nitrogen and oxygen atoms in total. The normalized spacial score (nSPS) is 10.5. The van der Waals surface area contributed by atoms with Gasteiger partial charge in [-0.3, -0.25) is 9.36 Å². The molecule has 106 valence electrons. The third-order valence-corrected chi connectivity index (χ3v) is 2.99. The van der Waals surface area contributed by atoms with Crippen LogP contribution in [0.25, 0.3) is 11.1 Å². The summed E-state index contributed by atoms with van der Waals surface area (Å²) in [4.78, 5) is 22.4. The molecule has 2 heterocycles. The molecule has 0 amide bonds. The SMILES string of the molecule is O=COc1cc2occc2n1COC(=O)c1ccccc1. The van der Waals surface area contributed by atoms with Crippen LogP contribution >= 0.6 is 0 Å². The van der Waals surface area contributed by atoms with E-state index in [1.54, 1.807) is 36.4 Å². The Morgan fingerprint density at radius 3 is 2.81 bits per heavy atom. The second-order valence-corrected chi connectivity index (χ2v) is 4.22. The molecule has 0 aliphatic carbocycles. The highest BCUT2D eigenvalue weighted by Crippen LogP contribution is 2.26. The number of furan rings is 1. The number of ether oxygens (including phenoxy) is 2. The van der Waals surface area contributed by atoms with Crippen molar-refractivity contribution in [1.82, 2.24) is 4.57 Å². The quantitative estimate of drug-likeness (QED) is 0.532. The first-order valence-corrected chi connectivity index (χ1v) is 6.19. The lowest BCUT2D eigenvalue weighted by atomic mass is 10.2. The van der Waals surface area contributed by atoms with Crippen LogP contribution < -0.4 is 4.74 Å². The molecule has 3 rings (SSSR count). The number of hydrogen-bond donors (Lipinski definition) is 0. The molecule has 0 spiro atoms. The van der Waals surface area contributed by atoms with Crippen LogP contribution in [0.2, 0.25) is 0 Å². The molecule has 0 bridgehead atoms. The van der Waals surface area contributed by atoms with Crippen molar-refractivity contribution in [3.05, 3.63) is 54.3 Å². The van der Waals surface area contributed by atoms with Crippen LogP contribution in [0.3, 0.4) is 0 Å². The van der Waals surface area contributed by atoms with Gasteiger partial charge in [0, 0.05) is 12.1 Å². The number of benzene rings is 1. The summed E-state index contributed by atoms with van der Waals surface area (Å²) in [6, 6.07) is 11.9. The molecule has 0 unspecified atom stereocenters. The number of fused-ring (bicyclic) bond motifs is 1. The van der Waals surface area contributed by atoms with Crippen LogP contribution in [-0.4, -0.2) is 17.0 Å². The molecule has 1 aromatic carbocycles. The zero-order valence-electron chi connectivity index (χ0n) is 10.9. The third kappa shape index (κ3) is 2.51. The first kappa shape index (κ1) is 13.0. The van der Waals surface area contributed by atoms with Crippen molar-refractivity contribution in [1.29, 1.82) is 0 Å². The van der Waals surface area contributed by atoms with E-state index >= 15 is 0 Å². The van der Waals surface area contributed by atoms with Gasteiger partial charge in [-0.1, -0.05) is 18.2 Å². The van der Waals surface area contributed by atoms with Crippen molar-refractivity contribution in [3.8, 4) is 5.88 Å². The maximum absolute atomic E-state index is 11.9. The Labute approximate surface area is 119 Å². The fourth-order valence-corrected chi connectivity index (χ4v) is 2.01. The molecule has 6 heteroatoms. The van der Waals surface area contributed by atoms with Crippen LogP contribution in [0.4, 0.5) is 0 Å². The summed E-state index contributed by atoms with van der Waals surface area (Å²) in [7, 11) is 0. The lowest BCUT2D eigenvalue weighted by Crippen LogP contribution is -2.10. The standard InChI is InChI=1S/C15H11NO5/c17-10-21-14-8-13-12(6-7-19-13)16(14)9-20-15(18)11-4-2-1-3-5-11/h1-8,10H,9H2. The lowest BCUT2D eigenvalue weighted by Gasteiger charge is -2.09. The van der Waals surface area contributed by atoms with Gasteiger partial charge in [0.25, 0.3) is 6.47 Å². The van der Waals surface area contributed by atoms with E-state index < -0.39 is 5.97 Å². The molecule has 0 saturated carbocycles. The monoisotopic (exact) mass is 285 g/mol. The van der Waals surface area contributed by atoms with E-state index in [0.29, 0.717) is 23.1 Å². The fraction of sp³-hybridized carbons (Fsp3) is 0.0667. The first-order chi connectivity index (χ1) is 10.3. The van der Waals surface area contributed by atoms with E-state index in [1.165, 1.54) is 10.8 Å². The van der Waals surface area contributed by atoms with E-state index in [2.05, 4.69) is 0 Å². The number of rotatable bonds is 5. The second-order valence-electron chi connectivity index (χ2n) is 4.22. The summed E-state index contributed by atoms with van der Waals surface area (Å²) in [6.07, 6.45) is 1.50. The molecular formula is C15H11NO5. The van der Waals surface area contributed by atoms with Crippen molar-refractivity contribution >= 4 is 23.5 Å². The second kappa shape index (κ2) is 5.54. The van der Waals surface area contributed by atoms with Gasteiger partial charge < -0.3 is 13.9 Å². The van der Waals surface area contributed by atoms with Crippen molar-refractivity contribution < 1.29 is 23.5 Å². The maximum atomic E-state index is 11.9. The molecule has 0 saturated heterocycles. The molecule has 21 heavy (non-hydrogen) atoms. The van der Waals surface area contributed by atoms with E-state index in [-0.39, 0.29) is 12.6 Å². The zero-order chi connectivity index (χ0) is 14.7. The minimum atomic E-state index is -0.460.